The first-order valence-corrected chi connectivity index (χ1v) is 6.18. The van der Waals surface area contributed by atoms with Crippen molar-refractivity contribution in [2.45, 2.75) is 6.42 Å². The highest BCUT2D eigenvalue weighted by atomic mass is 31.0. The Morgan fingerprint density at radius 1 is 1.22 bits per heavy atom. The molecule has 1 aromatic heterocycles. The zero-order chi connectivity index (χ0) is 13.1. The lowest BCUT2D eigenvalue weighted by Gasteiger charge is -2.07. The maximum atomic E-state index is 11.4. The third-order valence-corrected chi connectivity index (χ3v) is 3.09. The van der Waals surface area contributed by atoms with Gasteiger partial charge < -0.3 is 9.36 Å². The first-order chi connectivity index (χ1) is 8.60. The lowest BCUT2D eigenvalue weighted by atomic mass is 10.0. The Labute approximate surface area is 108 Å². The van der Waals surface area contributed by atoms with Crippen molar-refractivity contribution < 1.29 is 4.79 Å². The smallest absolute Gasteiger partial charge is 0.250 e. The third kappa shape index (κ3) is 2.74. The molecule has 1 aromatic carbocycles. The highest BCUT2D eigenvalue weighted by Crippen LogP contribution is 2.19. The second-order valence-electron chi connectivity index (χ2n) is 4.20. The number of aldehydes is 1. The van der Waals surface area contributed by atoms with Gasteiger partial charge in [0.2, 0.25) is 5.56 Å². The number of carbonyl (C=O) groups is 1. The first kappa shape index (κ1) is 12.7. The van der Waals surface area contributed by atoms with E-state index in [2.05, 4.69) is 9.24 Å². The predicted molar refractivity (Wildman–Crippen MR) is 76.2 cm³/mol. The highest BCUT2D eigenvalue weighted by molar-refractivity contribution is 7.27. The van der Waals surface area contributed by atoms with Crippen molar-refractivity contribution in [3.05, 3.63) is 52.4 Å². The van der Waals surface area contributed by atoms with Gasteiger partial charge >= 0.3 is 0 Å². The van der Waals surface area contributed by atoms with Crippen LogP contribution in [-0.4, -0.2) is 10.9 Å². The molecule has 0 N–H and O–H groups in total. The lowest BCUT2D eigenvalue weighted by molar-refractivity contribution is -0.107. The molecule has 0 aliphatic rings. The Bertz CT molecular complexity index is 646. The van der Waals surface area contributed by atoms with Gasteiger partial charge in [0.25, 0.3) is 0 Å². The number of rotatable bonds is 3. The van der Waals surface area contributed by atoms with Gasteiger partial charge in [-0.25, -0.2) is 0 Å². The minimum Gasteiger partial charge on any atom is -0.318 e. The number of hydrogen-bond acceptors (Lipinski definition) is 2. The number of aromatic nitrogens is 1. The molecule has 0 fully saturated rings. The van der Waals surface area contributed by atoms with E-state index in [1.165, 1.54) is 0 Å². The minimum atomic E-state index is -0.0334. The Balaban J connectivity index is 2.52. The fourth-order valence-electron chi connectivity index (χ4n) is 1.86. The molecule has 0 aliphatic carbocycles. The van der Waals surface area contributed by atoms with Crippen molar-refractivity contribution in [2.75, 3.05) is 0 Å². The number of carbonyl (C=O) groups excluding carboxylic acids is 1. The van der Waals surface area contributed by atoms with E-state index >= 15 is 0 Å². The number of nitrogens with zero attached hydrogens (tertiary/aromatic N) is 1. The fraction of sp³-hybridized carbons (Fsp3) is 0.143. The van der Waals surface area contributed by atoms with Crippen LogP contribution in [0.25, 0.3) is 11.1 Å². The Morgan fingerprint density at radius 2 is 2.00 bits per heavy atom. The Morgan fingerprint density at radius 3 is 2.67 bits per heavy atom. The summed E-state index contributed by atoms with van der Waals surface area (Å²) in [6.45, 7) is 0. The van der Waals surface area contributed by atoms with Gasteiger partial charge in [0.15, 0.2) is 0 Å². The van der Waals surface area contributed by atoms with Gasteiger partial charge in [-0.1, -0.05) is 12.1 Å². The van der Waals surface area contributed by atoms with Gasteiger partial charge in [-0.05, 0) is 34.1 Å². The molecule has 0 saturated heterocycles. The molecule has 0 bridgehead atoms. The molecule has 3 nitrogen and oxygen atoms in total. The van der Waals surface area contributed by atoms with Crippen LogP contribution in [0.4, 0.5) is 0 Å². The molecule has 0 saturated carbocycles. The average molecular weight is 259 g/mol. The number of hydrogen-bond donors (Lipinski definition) is 0. The van der Waals surface area contributed by atoms with Crippen molar-refractivity contribution in [3.8, 4) is 11.1 Å². The van der Waals surface area contributed by atoms with Crippen LogP contribution in [-0.2, 0) is 18.3 Å². The molecule has 0 radical (unpaired) electrons. The number of benzene rings is 1. The van der Waals surface area contributed by atoms with E-state index in [-0.39, 0.29) is 5.56 Å². The molecule has 0 amide bonds. The molecule has 1 atom stereocenters. The summed E-state index contributed by atoms with van der Waals surface area (Å²) in [6, 6.07) is 9.29. The van der Waals surface area contributed by atoms with E-state index < -0.39 is 0 Å². The Hall–Kier alpha value is -1.73. The van der Waals surface area contributed by atoms with E-state index in [9.17, 15) is 9.59 Å². The molecule has 4 heteroatoms. The molecule has 0 aliphatic heterocycles. The molecular formula is C14H14NO2P. The van der Waals surface area contributed by atoms with E-state index in [0.717, 1.165) is 28.3 Å². The summed E-state index contributed by atoms with van der Waals surface area (Å²) in [5.74, 6) is 0. The summed E-state index contributed by atoms with van der Waals surface area (Å²) in [5.41, 5.74) is 2.92. The van der Waals surface area contributed by atoms with Crippen LogP contribution in [0.3, 0.4) is 0 Å². The van der Waals surface area contributed by atoms with E-state index in [1.807, 2.05) is 18.2 Å². The zero-order valence-electron chi connectivity index (χ0n) is 10.1. The quantitative estimate of drug-likeness (QED) is 0.615. The van der Waals surface area contributed by atoms with Crippen LogP contribution in [0.1, 0.15) is 5.56 Å². The zero-order valence-corrected chi connectivity index (χ0v) is 11.2. The summed E-state index contributed by atoms with van der Waals surface area (Å²) < 4.78 is 1.55. The summed E-state index contributed by atoms with van der Waals surface area (Å²) in [6.07, 6.45) is 3.09. The molecular weight excluding hydrogens is 245 g/mol. The minimum absolute atomic E-state index is 0.0334. The molecule has 1 heterocycles. The highest BCUT2D eigenvalue weighted by Gasteiger charge is 2.03. The predicted octanol–water partition coefficient (Wildman–Crippen LogP) is 1.29. The van der Waals surface area contributed by atoms with Gasteiger partial charge in [0, 0.05) is 25.7 Å². The van der Waals surface area contributed by atoms with Gasteiger partial charge in [-0.15, -0.1) is 9.24 Å². The third-order valence-electron chi connectivity index (χ3n) is 2.75. The largest absolute Gasteiger partial charge is 0.318 e. The summed E-state index contributed by atoms with van der Waals surface area (Å²) in [5, 5.41) is 1.03. The summed E-state index contributed by atoms with van der Waals surface area (Å²) in [7, 11) is 4.36. The molecule has 18 heavy (non-hydrogen) atoms. The van der Waals surface area contributed by atoms with E-state index in [4.69, 9.17) is 0 Å². The standard InChI is InChI=1S/C14H14NO2P/c1-15-9-11(2-3-14(15)17)12-6-10(4-5-16)7-13(18)8-12/h2-3,5-9H,4,18H2,1H3. The van der Waals surface area contributed by atoms with Crippen LogP contribution < -0.4 is 10.9 Å². The lowest BCUT2D eigenvalue weighted by Crippen LogP contribution is -2.14. The maximum Gasteiger partial charge on any atom is 0.250 e. The summed E-state index contributed by atoms with van der Waals surface area (Å²) in [4.78, 5) is 21.9. The topological polar surface area (TPSA) is 39.1 Å². The normalized spacial score (nSPS) is 10.3. The van der Waals surface area contributed by atoms with Crippen molar-refractivity contribution in [1.29, 1.82) is 0 Å². The van der Waals surface area contributed by atoms with Crippen molar-refractivity contribution in [1.82, 2.24) is 4.57 Å². The van der Waals surface area contributed by atoms with Gasteiger partial charge in [0.05, 0.1) is 0 Å². The number of aryl methyl sites for hydroxylation is 1. The Kier molecular flexibility index (Phi) is 3.73. The van der Waals surface area contributed by atoms with Gasteiger partial charge in [-0.2, -0.15) is 0 Å². The van der Waals surface area contributed by atoms with Crippen molar-refractivity contribution in [3.63, 3.8) is 0 Å². The SMILES string of the molecule is Cn1cc(-c2cc(P)cc(CC=O)c2)ccc1=O. The van der Waals surface area contributed by atoms with Crippen LogP contribution in [0.15, 0.2) is 41.3 Å². The van der Waals surface area contributed by atoms with Crippen LogP contribution in [0, 0.1) is 0 Å². The van der Waals surface area contributed by atoms with Gasteiger partial charge in [-0.3, -0.25) is 4.79 Å². The van der Waals surface area contributed by atoms with Crippen molar-refractivity contribution >= 4 is 20.8 Å². The van der Waals surface area contributed by atoms with Crippen LogP contribution in [0.5, 0.6) is 0 Å². The van der Waals surface area contributed by atoms with Gasteiger partial charge in [0.1, 0.15) is 6.29 Å². The molecule has 2 rings (SSSR count). The molecule has 1 unspecified atom stereocenters. The second-order valence-corrected chi connectivity index (χ2v) is 4.87. The van der Waals surface area contributed by atoms with E-state index in [0.29, 0.717) is 6.42 Å². The van der Waals surface area contributed by atoms with Crippen LogP contribution >= 0.6 is 9.24 Å². The second kappa shape index (κ2) is 5.28. The average Bonchev–Trinajstić information content (AvgIpc) is 2.32. The maximum absolute atomic E-state index is 11.4. The van der Waals surface area contributed by atoms with Crippen molar-refractivity contribution in [2.24, 2.45) is 7.05 Å². The van der Waals surface area contributed by atoms with E-state index in [1.54, 1.807) is 29.9 Å². The fourth-order valence-corrected chi connectivity index (χ4v) is 2.26. The molecule has 0 spiro atoms. The molecule has 2 aromatic rings. The first-order valence-electron chi connectivity index (χ1n) is 5.60. The summed E-state index contributed by atoms with van der Waals surface area (Å²) >= 11 is 0. The monoisotopic (exact) mass is 259 g/mol. The number of pyridine rings is 1. The molecule has 92 valence electrons. The van der Waals surface area contributed by atoms with Crippen LogP contribution in [0.2, 0.25) is 0 Å².